The highest BCUT2D eigenvalue weighted by Gasteiger charge is 2.08. The zero-order valence-electron chi connectivity index (χ0n) is 7.85. The summed E-state index contributed by atoms with van der Waals surface area (Å²) >= 11 is 17.6. The Hall–Kier alpha value is -0.830. The maximum atomic E-state index is 12.7. The largest absolute Gasteiger partial charge is 0.253 e. The number of aromatic nitrogens is 1. The Balaban J connectivity index is 2.52. The molecular formula is C11H5Cl3FN. The van der Waals surface area contributed by atoms with Gasteiger partial charge in [0.25, 0.3) is 0 Å². The molecule has 0 saturated heterocycles. The van der Waals surface area contributed by atoms with Crippen LogP contribution in [0.4, 0.5) is 4.39 Å². The molecule has 0 fully saturated rings. The van der Waals surface area contributed by atoms with Crippen molar-refractivity contribution in [3.05, 3.63) is 51.3 Å². The molecular weight excluding hydrogens is 271 g/mol. The van der Waals surface area contributed by atoms with E-state index in [4.69, 9.17) is 34.8 Å². The minimum Gasteiger partial charge on any atom is -0.253 e. The first-order chi connectivity index (χ1) is 7.58. The fraction of sp³-hybridized carbons (Fsp3) is 0. The second kappa shape index (κ2) is 4.58. The third kappa shape index (κ3) is 2.29. The molecule has 0 spiro atoms. The molecule has 0 N–H and O–H groups in total. The van der Waals surface area contributed by atoms with Crippen LogP contribution in [0, 0.1) is 5.82 Å². The lowest BCUT2D eigenvalue weighted by Crippen LogP contribution is -1.85. The van der Waals surface area contributed by atoms with Crippen LogP contribution in [0.5, 0.6) is 0 Å². The van der Waals surface area contributed by atoms with Crippen LogP contribution in [0.2, 0.25) is 15.1 Å². The first kappa shape index (κ1) is 11.6. The van der Waals surface area contributed by atoms with Gasteiger partial charge in [0.1, 0.15) is 5.82 Å². The predicted octanol–water partition coefficient (Wildman–Crippen LogP) is 4.85. The van der Waals surface area contributed by atoms with E-state index < -0.39 is 5.82 Å². The van der Waals surface area contributed by atoms with Crippen LogP contribution >= 0.6 is 34.8 Å². The highest BCUT2D eigenvalue weighted by molar-refractivity contribution is 6.48. The maximum Gasteiger partial charge on any atom is 0.141 e. The molecule has 0 atom stereocenters. The minimum atomic E-state index is -0.394. The third-order valence-corrected chi connectivity index (χ3v) is 3.20. The fourth-order valence-corrected chi connectivity index (χ4v) is 1.85. The van der Waals surface area contributed by atoms with E-state index >= 15 is 0 Å². The van der Waals surface area contributed by atoms with Crippen molar-refractivity contribution in [1.82, 2.24) is 4.98 Å². The Morgan fingerprint density at radius 1 is 1.00 bits per heavy atom. The highest BCUT2D eigenvalue weighted by atomic mass is 35.5. The first-order valence-corrected chi connectivity index (χ1v) is 5.48. The SMILES string of the molecule is Fc1ccc(-c2cc(Cl)c(Cl)c(Cl)c2)nc1. The van der Waals surface area contributed by atoms with Gasteiger partial charge in [0, 0.05) is 5.56 Å². The van der Waals surface area contributed by atoms with Gasteiger partial charge in [-0.25, -0.2) is 4.39 Å². The molecule has 5 heteroatoms. The van der Waals surface area contributed by atoms with Gasteiger partial charge in [-0.1, -0.05) is 34.8 Å². The van der Waals surface area contributed by atoms with Gasteiger partial charge >= 0.3 is 0 Å². The van der Waals surface area contributed by atoms with Crippen LogP contribution in [0.3, 0.4) is 0 Å². The van der Waals surface area contributed by atoms with Crippen LogP contribution in [-0.2, 0) is 0 Å². The van der Waals surface area contributed by atoms with Gasteiger partial charge in [-0.3, -0.25) is 4.98 Å². The third-order valence-electron chi connectivity index (χ3n) is 2.01. The molecule has 2 aromatic rings. The molecule has 0 aliphatic rings. The van der Waals surface area contributed by atoms with E-state index in [2.05, 4.69) is 4.98 Å². The van der Waals surface area contributed by atoms with Gasteiger partial charge in [0.2, 0.25) is 0 Å². The lowest BCUT2D eigenvalue weighted by atomic mass is 10.1. The van der Waals surface area contributed by atoms with Crippen LogP contribution in [-0.4, -0.2) is 4.98 Å². The van der Waals surface area contributed by atoms with Crippen molar-refractivity contribution in [3.63, 3.8) is 0 Å². The summed E-state index contributed by atoms with van der Waals surface area (Å²) in [6.07, 6.45) is 1.13. The van der Waals surface area contributed by atoms with Gasteiger partial charge in [-0.15, -0.1) is 0 Å². The van der Waals surface area contributed by atoms with Crippen molar-refractivity contribution in [2.24, 2.45) is 0 Å². The number of hydrogen-bond donors (Lipinski definition) is 0. The molecule has 1 nitrogen and oxygen atoms in total. The quantitative estimate of drug-likeness (QED) is 0.679. The molecule has 82 valence electrons. The van der Waals surface area contributed by atoms with E-state index in [1.807, 2.05) is 0 Å². The molecule has 0 unspecified atom stereocenters. The Labute approximate surface area is 107 Å². The van der Waals surface area contributed by atoms with E-state index in [0.29, 0.717) is 26.3 Å². The van der Waals surface area contributed by atoms with Crippen molar-refractivity contribution in [3.8, 4) is 11.3 Å². The Morgan fingerprint density at radius 2 is 1.62 bits per heavy atom. The Morgan fingerprint density at radius 3 is 2.12 bits per heavy atom. The number of rotatable bonds is 1. The second-order valence-electron chi connectivity index (χ2n) is 3.12. The van der Waals surface area contributed by atoms with Crippen molar-refractivity contribution < 1.29 is 4.39 Å². The molecule has 16 heavy (non-hydrogen) atoms. The standard InChI is InChI=1S/C11H5Cl3FN/c12-8-3-6(4-9(13)11(8)14)10-2-1-7(15)5-16-10/h1-5H. The molecule has 0 saturated carbocycles. The van der Waals surface area contributed by atoms with Crippen molar-refractivity contribution >= 4 is 34.8 Å². The monoisotopic (exact) mass is 275 g/mol. The van der Waals surface area contributed by atoms with Gasteiger partial charge in [0.15, 0.2) is 0 Å². The normalized spacial score (nSPS) is 10.5. The zero-order valence-corrected chi connectivity index (χ0v) is 10.1. The molecule has 0 amide bonds. The smallest absolute Gasteiger partial charge is 0.141 e. The average Bonchev–Trinajstić information content (AvgIpc) is 2.26. The summed E-state index contributed by atoms with van der Waals surface area (Å²) in [6, 6.07) is 6.13. The highest BCUT2D eigenvalue weighted by Crippen LogP contribution is 2.34. The summed E-state index contributed by atoms with van der Waals surface area (Å²) in [7, 11) is 0. The summed E-state index contributed by atoms with van der Waals surface area (Å²) in [4.78, 5) is 3.93. The van der Waals surface area contributed by atoms with E-state index in [0.717, 1.165) is 6.20 Å². The van der Waals surface area contributed by atoms with Crippen molar-refractivity contribution in [2.45, 2.75) is 0 Å². The molecule has 0 bridgehead atoms. The topological polar surface area (TPSA) is 12.9 Å². The van der Waals surface area contributed by atoms with Crippen LogP contribution in [0.25, 0.3) is 11.3 Å². The van der Waals surface area contributed by atoms with E-state index in [1.54, 1.807) is 18.2 Å². The minimum absolute atomic E-state index is 0.300. The first-order valence-electron chi connectivity index (χ1n) is 4.34. The fourth-order valence-electron chi connectivity index (χ4n) is 1.25. The number of nitrogens with zero attached hydrogens (tertiary/aromatic N) is 1. The number of hydrogen-bond acceptors (Lipinski definition) is 1. The number of pyridine rings is 1. The summed E-state index contributed by atoms with van der Waals surface area (Å²) < 4.78 is 12.7. The van der Waals surface area contributed by atoms with Crippen LogP contribution < -0.4 is 0 Å². The van der Waals surface area contributed by atoms with E-state index in [1.165, 1.54) is 6.07 Å². The lowest BCUT2D eigenvalue weighted by Gasteiger charge is -2.04. The van der Waals surface area contributed by atoms with E-state index in [-0.39, 0.29) is 0 Å². The summed E-state index contributed by atoms with van der Waals surface area (Å²) in [6.45, 7) is 0. The van der Waals surface area contributed by atoms with Gasteiger partial charge in [-0.05, 0) is 24.3 Å². The maximum absolute atomic E-state index is 12.7. The Bertz CT molecular complexity index is 502. The molecule has 1 heterocycles. The van der Waals surface area contributed by atoms with Gasteiger partial charge < -0.3 is 0 Å². The summed E-state index contributed by atoms with van der Waals surface area (Å²) in [5.41, 5.74) is 1.28. The van der Waals surface area contributed by atoms with Crippen molar-refractivity contribution in [2.75, 3.05) is 0 Å². The van der Waals surface area contributed by atoms with Gasteiger partial charge in [-0.2, -0.15) is 0 Å². The van der Waals surface area contributed by atoms with Crippen LogP contribution in [0.1, 0.15) is 0 Å². The van der Waals surface area contributed by atoms with Crippen LogP contribution in [0.15, 0.2) is 30.5 Å². The molecule has 2 rings (SSSR count). The number of benzene rings is 1. The molecule has 0 aliphatic heterocycles. The van der Waals surface area contributed by atoms with Crippen molar-refractivity contribution in [1.29, 1.82) is 0 Å². The summed E-state index contributed by atoms with van der Waals surface area (Å²) in [5, 5.41) is 0.986. The Kier molecular flexibility index (Phi) is 3.33. The number of halogens is 4. The summed E-state index contributed by atoms with van der Waals surface area (Å²) in [5.74, 6) is -0.394. The van der Waals surface area contributed by atoms with E-state index in [9.17, 15) is 4.39 Å². The van der Waals surface area contributed by atoms with Gasteiger partial charge in [0.05, 0.1) is 27.0 Å². The lowest BCUT2D eigenvalue weighted by molar-refractivity contribution is 0.622. The predicted molar refractivity (Wildman–Crippen MR) is 64.7 cm³/mol. The average molecular weight is 277 g/mol. The molecule has 1 aromatic heterocycles. The molecule has 0 radical (unpaired) electrons. The molecule has 1 aromatic carbocycles. The zero-order chi connectivity index (χ0) is 11.7. The second-order valence-corrected chi connectivity index (χ2v) is 4.31. The molecule has 0 aliphatic carbocycles.